The number of amides is 1. The van der Waals surface area contributed by atoms with E-state index in [1.807, 2.05) is 14.0 Å². The van der Waals surface area contributed by atoms with Crippen LogP contribution in [0.5, 0.6) is 0 Å². The number of benzene rings is 1. The van der Waals surface area contributed by atoms with Crippen molar-refractivity contribution in [2.45, 2.75) is 44.7 Å². The first kappa shape index (κ1) is 14.0. The smallest absolute Gasteiger partial charge is 0.251 e. The fourth-order valence-corrected chi connectivity index (χ4v) is 2.63. The zero-order valence-corrected chi connectivity index (χ0v) is 11.5. The Bertz CT molecular complexity index is 453. The minimum Gasteiger partial charge on any atom is -0.349 e. The number of hydrogen-bond acceptors (Lipinski definition) is 2. The first-order valence-corrected chi connectivity index (χ1v) is 6.84. The van der Waals surface area contributed by atoms with Gasteiger partial charge >= 0.3 is 0 Å². The Morgan fingerprint density at radius 3 is 2.47 bits per heavy atom. The molecule has 4 heteroatoms. The van der Waals surface area contributed by atoms with E-state index in [9.17, 15) is 9.18 Å². The van der Waals surface area contributed by atoms with Crippen LogP contribution in [-0.4, -0.2) is 25.0 Å². The molecule has 1 aliphatic carbocycles. The van der Waals surface area contributed by atoms with E-state index < -0.39 is 0 Å². The molecule has 104 valence electrons. The molecule has 0 unspecified atom stereocenters. The van der Waals surface area contributed by atoms with Gasteiger partial charge in [0.2, 0.25) is 0 Å². The van der Waals surface area contributed by atoms with E-state index in [1.165, 1.54) is 12.1 Å². The molecule has 0 aliphatic heterocycles. The molecule has 1 saturated carbocycles. The Labute approximate surface area is 113 Å². The lowest BCUT2D eigenvalue weighted by molar-refractivity contribution is 0.0923. The van der Waals surface area contributed by atoms with Crippen LogP contribution < -0.4 is 10.6 Å². The van der Waals surface area contributed by atoms with E-state index in [2.05, 4.69) is 10.6 Å². The summed E-state index contributed by atoms with van der Waals surface area (Å²) in [6.45, 7) is 1.83. The molecule has 2 rings (SSSR count). The number of aryl methyl sites for hydroxylation is 1. The van der Waals surface area contributed by atoms with Crippen LogP contribution in [0.1, 0.15) is 41.6 Å². The number of rotatable bonds is 3. The normalized spacial score (nSPS) is 23.1. The third-order valence-corrected chi connectivity index (χ3v) is 3.91. The number of nitrogens with one attached hydrogen (secondary N) is 2. The second-order valence-corrected chi connectivity index (χ2v) is 5.27. The van der Waals surface area contributed by atoms with Gasteiger partial charge in [0.05, 0.1) is 0 Å². The van der Waals surface area contributed by atoms with Gasteiger partial charge in [0.25, 0.3) is 5.91 Å². The molecule has 19 heavy (non-hydrogen) atoms. The van der Waals surface area contributed by atoms with Crippen LogP contribution in [0.3, 0.4) is 0 Å². The summed E-state index contributed by atoms with van der Waals surface area (Å²) in [5.41, 5.74) is 1.25. The monoisotopic (exact) mass is 264 g/mol. The minimum atomic E-state index is -0.366. The third kappa shape index (κ3) is 3.53. The van der Waals surface area contributed by atoms with Crippen molar-refractivity contribution in [2.24, 2.45) is 0 Å². The van der Waals surface area contributed by atoms with Gasteiger partial charge in [-0.15, -0.1) is 0 Å². The highest BCUT2D eigenvalue weighted by Crippen LogP contribution is 2.19. The van der Waals surface area contributed by atoms with Crippen molar-refractivity contribution in [1.82, 2.24) is 10.6 Å². The van der Waals surface area contributed by atoms with Gasteiger partial charge in [-0.1, -0.05) is 6.07 Å². The lowest BCUT2D eigenvalue weighted by Crippen LogP contribution is -2.41. The maximum absolute atomic E-state index is 13.2. The summed E-state index contributed by atoms with van der Waals surface area (Å²) < 4.78 is 13.2. The van der Waals surface area contributed by atoms with Crippen LogP contribution in [-0.2, 0) is 0 Å². The fourth-order valence-electron chi connectivity index (χ4n) is 2.63. The van der Waals surface area contributed by atoms with Crippen LogP contribution in [0.4, 0.5) is 4.39 Å². The molecule has 0 spiro atoms. The molecular formula is C15H21FN2O. The van der Waals surface area contributed by atoms with Gasteiger partial charge in [-0.3, -0.25) is 4.79 Å². The molecule has 0 aromatic heterocycles. The Morgan fingerprint density at radius 2 is 1.84 bits per heavy atom. The topological polar surface area (TPSA) is 41.1 Å². The Morgan fingerprint density at radius 1 is 1.21 bits per heavy atom. The van der Waals surface area contributed by atoms with Gasteiger partial charge in [-0.2, -0.15) is 0 Å². The second kappa shape index (κ2) is 6.15. The maximum atomic E-state index is 13.2. The van der Waals surface area contributed by atoms with E-state index >= 15 is 0 Å². The van der Waals surface area contributed by atoms with Gasteiger partial charge in [0, 0.05) is 17.6 Å². The summed E-state index contributed by atoms with van der Waals surface area (Å²) in [6, 6.07) is 5.10. The molecule has 0 heterocycles. The Hall–Kier alpha value is -1.42. The summed E-state index contributed by atoms with van der Waals surface area (Å²) >= 11 is 0. The van der Waals surface area contributed by atoms with Crippen LogP contribution in [0.15, 0.2) is 18.2 Å². The zero-order chi connectivity index (χ0) is 13.8. The van der Waals surface area contributed by atoms with E-state index in [-0.39, 0.29) is 17.8 Å². The molecule has 0 bridgehead atoms. The second-order valence-electron chi connectivity index (χ2n) is 5.27. The lowest BCUT2D eigenvalue weighted by Gasteiger charge is -2.29. The first-order chi connectivity index (χ1) is 9.10. The third-order valence-electron chi connectivity index (χ3n) is 3.91. The lowest BCUT2D eigenvalue weighted by atomic mass is 9.91. The summed E-state index contributed by atoms with van der Waals surface area (Å²) in [5.74, 6) is -0.528. The van der Waals surface area contributed by atoms with E-state index in [0.717, 1.165) is 31.2 Å². The van der Waals surface area contributed by atoms with Crippen molar-refractivity contribution in [2.75, 3.05) is 7.05 Å². The molecule has 0 radical (unpaired) electrons. The number of hydrogen-bond donors (Lipinski definition) is 2. The van der Waals surface area contributed by atoms with Crippen molar-refractivity contribution >= 4 is 5.91 Å². The molecule has 2 N–H and O–H groups in total. The van der Waals surface area contributed by atoms with Crippen LogP contribution in [0, 0.1) is 12.7 Å². The number of carbonyl (C=O) groups is 1. The average Bonchev–Trinajstić information content (AvgIpc) is 2.42. The molecule has 1 fully saturated rings. The Balaban J connectivity index is 1.96. The van der Waals surface area contributed by atoms with E-state index in [0.29, 0.717) is 11.6 Å². The predicted molar refractivity (Wildman–Crippen MR) is 73.7 cm³/mol. The van der Waals surface area contributed by atoms with E-state index in [1.54, 1.807) is 6.07 Å². The minimum absolute atomic E-state index is 0.162. The van der Waals surface area contributed by atoms with Gasteiger partial charge in [-0.25, -0.2) is 4.39 Å². The van der Waals surface area contributed by atoms with Crippen molar-refractivity contribution in [3.05, 3.63) is 35.1 Å². The Kier molecular flexibility index (Phi) is 4.53. The summed E-state index contributed by atoms with van der Waals surface area (Å²) in [7, 11) is 1.97. The maximum Gasteiger partial charge on any atom is 0.251 e. The van der Waals surface area contributed by atoms with Crippen molar-refractivity contribution < 1.29 is 9.18 Å². The van der Waals surface area contributed by atoms with Gasteiger partial charge < -0.3 is 10.6 Å². The van der Waals surface area contributed by atoms with Crippen molar-refractivity contribution in [1.29, 1.82) is 0 Å². The van der Waals surface area contributed by atoms with Gasteiger partial charge in [-0.05, 0) is 57.4 Å². The van der Waals surface area contributed by atoms with Gasteiger partial charge in [0.15, 0.2) is 0 Å². The first-order valence-electron chi connectivity index (χ1n) is 6.84. The predicted octanol–water partition coefficient (Wildman–Crippen LogP) is 2.39. The summed E-state index contributed by atoms with van der Waals surface area (Å²) in [5, 5.41) is 6.28. The highest BCUT2D eigenvalue weighted by atomic mass is 19.1. The largest absolute Gasteiger partial charge is 0.349 e. The molecule has 1 aliphatic rings. The van der Waals surface area contributed by atoms with Crippen LogP contribution >= 0.6 is 0 Å². The van der Waals surface area contributed by atoms with Crippen molar-refractivity contribution in [3.63, 3.8) is 0 Å². The SMILES string of the molecule is CNC1CCC(NC(=O)c2cc(F)ccc2C)CC1. The molecule has 1 aromatic rings. The van der Waals surface area contributed by atoms with E-state index in [4.69, 9.17) is 0 Å². The van der Waals surface area contributed by atoms with Gasteiger partial charge in [0.1, 0.15) is 5.82 Å². The highest BCUT2D eigenvalue weighted by Gasteiger charge is 2.22. The molecule has 0 atom stereocenters. The molecule has 0 saturated heterocycles. The average molecular weight is 264 g/mol. The summed E-state index contributed by atoms with van der Waals surface area (Å²) in [4.78, 5) is 12.1. The molecular weight excluding hydrogens is 243 g/mol. The van der Waals surface area contributed by atoms with Crippen molar-refractivity contribution in [3.8, 4) is 0 Å². The fraction of sp³-hybridized carbons (Fsp3) is 0.533. The molecule has 1 amide bonds. The number of carbonyl (C=O) groups excluding carboxylic acids is 1. The molecule has 1 aromatic carbocycles. The standard InChI is InChI=1S/C15H21FN2O/c1-10-3-4-11(16)9-14(10)15(19)18-13-7-5-12(17-2)6-8-13/h3-4,9,12-13,17H,5-8H2,1-2H3,(H,18,19). The molecule has 3 nitrogen and oxygen atoms in total. The zero-order valence-electron chi connectivity index (χ0n) is 11.5. The quantitative estimate of drug-likeness (QED) is 0.880. The number of halogens is 1. The summed E-state index contributed by atoms with van der Waals surface area (Å²) in [6.07, 6.45) is 4.10. The van der Waals surface area contributed by atoms with Crippen LogP contribution in [0.2, 0.25) is 0 Å². The van der Waals surface area contributed by atoms with Crippen LogP contribution in [0.25, 0.3) is 0 Å². The highest BCUT2D eigenvalue weighted by molar-refractivity contribution is 5.95.